The predicted molar refractivity (Wildman–Crippen MR) is 90.5 cm³/mol. The summed E-state index contributed by atoms with van der Waals surface area (Å²) < 4.78 is 1.18. The molecule has 2 heteroatoms. The summed E-state index contributed by atoms with van der Waals surface area (Å²) in [4.78, 5) is 2.63. The van der Waals surface area contributed by atoms with E-state index in [1.165, 1.54) is 26.7 Å². The molecule has 4 rings (SSSR count). The topological polar surface area (TPSA) is 3.24 Å². The molecule has 2 aliphatic rings. The first kappa shape index (κ1) is 13.5. The molecule has 2 bridgehead atoms. The van der Waals surface area contributed by atoms with Gasteiger partial charge in [-0.25, -0.2) is 0 Å². The van der Waals surface area contributed by atoms with E-state index in [-0.39, 0.29) is 11.1 Å². The summed E-state index contributed by atoms with van der Waals surface area (Å²) in [6.45, 7) is 4.63. The van der Waals surface area contributed by atoms with Crippen molar-refractivity contribution in [3.05, 3.63) is 69.2 Å². The second-order valence-electron chi connectivity index (χ2n) is 6.22. The summed E-state index contributed by atoms with van der Waals surface area (Å²) in [5.74, 6) is 0. The minimum absolute atomic E-state index is 0.0334. The van der Waals surface area contributed by atoms with Crippen molar-refractivity contribution in [1.29, 1.82) is 0 Å². The van der Waals surface area contributed by atoms with Crippen LogP contribution in [0.5, 0.6) is 0 Å². The Morgan fingerprint density at radius 3 is 1.95 bits per heavy atom. The van der Waals surface area contributed by atoms with E-state index in [2.05, 4.69) is 84.2 Å². The lowest BCUT2D eigenvalue weighted by atomic mass is 9.71. The van der Waals surface area contributed by atoms with E-state index in [9.17, 15) is 0 Å². The fraction of sp³-hybridized carbons (Fsp3) is 0.368. The molecule has 0 fully saturated rings. The molecule has 2 aromatic carbocycles. The third-order valence-corrected chi connectivity index (χ3v) is 6.35. The van der Waals surface area contributed by atoms with Crippen LogP contribution in [0, 0.1) is 0 Å². The molecule has 1 nitrogen and oxygen atoms in total. The SMILES string of the molecule is CCC12c3ccccc3C(CC)(c3cc(Br)ccc31)N2C. The lowest BCUT2D eigenvalue weighted by Crippen LogP contribution is -2.42. The van der Waals surface area contributed by atoms with Gasteiger partial charge in [0.15, 0.2) is 0 Å². The molecule has 21 heavy (non-hydrogen) atoms. The van der Waals surface area contributed by atoms with Gasteiger partial charge in [-0.3, -0.25) is 4.90 Å². The third kappa shape index (κ3) is 1.28. The third-order valence-electron chi connectivity index (χ3n) is 5.86. The highest BCUT2D eigenvalue weighted by atomic mass is 79.9. The lowest BCUT2D eigenvalue weighted by Gasteiger charge is -2.36. The molecule has 2 unspecified atom stereocenters. The first-order valence-electron chi connectivity index (χ1n) is 7.77. The maximum Gasteiger partial charge on any atom is 0.0727 e. The van der Waals surface area contributed by atoms with Gasteiger partial charge in [0.1, 0.15) is 0 Å². The number of hydrogen-bond acceptors (Lipinski definition) is 1. The van der Waals surface area contributed by atoms with Crippen molar-refractivity contribution in [3.63, 3.8) is 0 Å². The Balaban J connectivity index is 2.17. The average molecular weight is 342 g/mol. The van der Waals surface area contributed by atoms with Crippen molar-refractivity contribution in [2.45, 2.75) is 37.8 Å². The summed E-state index contributed by atoms with van der Waals surface area (Å²) in [5, 5.41) is 0. The molecule has 2 aliphatic heterocycles. The molecule has 0 aliphatic carbocycles. The molecular formula is C19H20BrN. The largest absolute Gasteiger partial charge is 0.279 e. The van der Waals surface area contributed by atoms with Crippen LogP contribution in [0.15, 0.2) is 46.9 Å². The van der Waals surface area contributed by atoms with E-state index in [4.69, 9.17) is 0 Å². The van der Waals surface area contributed by atoms with E-state index >= 15 is 0 Å². The molecule has 0 saturated carbocycles. The Hall–Kier alpha value is -1.12. The second-order valence-corrected chi connectivity index (χ2v) is 7.14. The van der Waals surface area contributed by atoms with Crippen molar-refractivity contribution in [2.24, 2.45) is 0 Å². The van der Waals surface area contributed by atoms with Crippen LogP contribution in [-0.2, 0) is 11.1 Å². The van der Waals surface area contributed by atoms with E-state index in [0.717, 1.165) is 12.8 Å². The Kier molecular flexibility index (Phi) is 2.71. The molecule has 2 atom stereocenters. The van der Waals surface area contributed by atoms with Gasteiger partial charge >= 0.3 is 0 Å². The molecule has 0 aromatic heterocycles. The van der Waals surface area contributed by atoms with Crippen LogP contribution in [-0.4, -0.2) is 11.9 Å². The first-order valence-corrected chi connectivity index (χ1v) is 8.56. The molecule has 0 radical (unpaired) electrons. The smallest absolute Gasteiger partial charge is 0.0727 e. The Bertz CT molecular complexity index is 738. The van der Waals surface area contributed by atoms with Gasteiger partial charge in [-0.2, -0.15) is 0 Å². The average Bonchev–Trinajstić information content (AvgIpc) is 2.87. The molecule has 108 valence electrons. The lowest BCUT2D eigenvalue weighted by molar-refractivity contribution is 0.103. The van der Waals surface area contributed by atoms with Crippen molar-refractivity contribution in [2.75, 3.05) is 7.05 Å². The zero-order valence-electron chi connectivity index (χ0n) is 12.8. The number of benzene rings is 2. The van der Waals surface area contributed by atoms with E-state index in [1.54, 1.807) is 0 Å². The molecular weight excluding hydrogens is 322 g/mol. The summed E-state index contributed by atoms with van der Waals surface area (Å²) in [6.07, 6.45) is 2.21. The summed E-state index contributed by atoms with van der Waals surface area (Å²) >= 11 is 3.67. The van der Waals surface area contributed by atoms with Crippen LogP contribution in [0.1, 0.15) is 48.9 Å². The van der Waals surface area contributed by atoms with Crippen molar-refractivity contribution < 1.29 is 0 Å². The maximum absolute atomic E-state index is 3.67. The Morgan fingerprint density at radius 1 is 0.857 bits per heavy atom. The molecule has 0 amide bonds. The predicted octanol–water partition coefficient (Wildman–Crippen LogP) is 5.02. The number of hydrogen-bond donors (Lipinski definition) is 0. The zero-order valence-corrected chi connectivity index (χ0v) is 14.4. The minimum Gasteiger partial charge on any atom is -0.279 e. The number of fused-ring (bicyclic) bond motifs is 8. The number of halogens is 1. The standard InChI is InChI=1S/C19H20BrN/c1-4-18-14-8-6-7-9-15(14)19(5-2,21(18)3)17-12-13(20)10-11-16(17)18/h6-12H,4-5H2,1-3H3. The van der Waals surface area contributed by atoms with Crippen LogP contribution in [0.2, 0.25) is 0 Å². The highest BCUT2D eigenvalue weighted by Crippen LogP contribution is 2.64. The van der Waals surface area contributed by atoms with Gasteiger partial charge in [-0.15, -0.1) is 0 Å². The second kappa shape index (κ2) is 4.21. The number of nitrogens with zero attached hydrogens (tertiary/aromatic N) is 1. The van der Waals surface area contributed by atoms with E-state index in [1.807, 2.05) is 0 Å². The zero-order chi connectivity index (χ0) is 14.8. The van der Waals surface area contributed by atoms with Crippen LogP contribution < -0.4 is 0 Å². The van der Waals surface area contributed by atoms with Crippen LogP contribution in [0.25, 0.3) is 0 Å². The van der Waals surface area contributed by atoms with Gasteiger partial charge in [-0.1, -0.05) is 60.1 Å². The maximum atomic E-state index is 3.67. The quantitative estimate of drug-likeness (QED) is 0.741. The van der Waals surface area contributed by atoms with Gasteiger partial charge in [0.25, 0.3) is 0 Å². The monoisotopic (exact) mass is 341 g/mol. The van der Waals surface area contributed by atoms with Gasteiger partial charge in [-0.05, 0) is 54.3 Å². The minimum atomic E-state index is 0.0334. The molecule has 2 aromatic rings. The first-order chi connectivity index (χ1) is 10.1. The normalized spacial score (nSPS) is 29.5. The summed E-state index contributed by atoms with van der Waals surface area (Å²) in [6, 6.07) is 15.9. The molecule has 0 N–H and O–H groups in total. The molecule has 0 spiro atoms. The van der Waals surface area contributed by atoms with E-state index in [0.29, 0.717) is 0 Å². The molecule has 2 heterocycles. The van der Waals surface area contributed by atoms with Gasteiger partial charge in [0, 0.05) is 4.47 Å². The molecule has 0 saturated heterocycles. The van der Waals surface area contributed by atoms with Gasteiger partial charge < -0.3 is 0 Å². The van der Waals surface area contributed by atoms with Crippen LogP contribution in [0.4, 0.5) is 0 Å². The Morgan fingerprint density at radius 2 is 1.38 bits per heavy atom. The summed E-state index contributed by atoms with van der Waals surface area (Å²) in [7, 11) is 2.31. The highest BCUT2D eigenvalue weighted by molar-refractivity contribution is 9.10. The highest BCUT2D eigenvalue weighted by Gasteiger charge is 2.63. The fourth-order valence-electron chi connectivity index (χ4n) is 5.00. The summed E-state index contributed by atoms with van der Waals surface area (Å²) in [5.41, 5.74) is 6.07. The van der Waals surface area contributed by atoms with Crippen molar-refractivity contribution in [1.82, 2.24) is 4.90 Å². The van der Waals surface area contributed by atoms with E-state index < -0.39 is 0 Å². The van der Waals surface area contributed by atoms with Crippen molar-refractivity contribution >= 4 is 15.9 Å². The van der Waals surface area contributed by atoms with Crippen LogP contribution in [0.3, 0.4) is 0 Å². The fourth-order valence-corrected chi connectivity index (χ4v) is 5.36. The van der Waals surface area contributed by atoms with Gasteiger partial charge in [0.05, 0.1) is 11.1 Å². The van der Waals surface area contributed by atoms with Crippen molar-refractivity contribution in [3.8, 4) is 0 Å². The Labute approximate surface area is 135 Å². The number of rotatable bonds is 2. The van der Waals surface area contributed by atoms with Gasteiger partial charge in [0.2, 0.25) is 0 Å². The van der Waals surface area contributed by atoms with Crippen LogP contribution >= 0.6 is 15.9 Å².